The molecule has 1 rings (SSSR count). The number of benzene rings is 1. The summed E-state index contributed by atoms with van der Waals surface area (Å²) in [6.45, 7) is 4.71. The summed E-state index contributed by atoms with van der Waals surface area (Å²) >= 11 is 3.26. The highest BCUT2D eigenvalue weighted by atomic mass is 79.9. The normalized spacial score (nSPS) is 12.0. The number of hydrogen-bond acceptors (Lipinski definition) is 4. The lowest BCUT2D eigenvalue weighted by atomic mass is 10.4. The largest absolute Gasteiger partial charge is 0.353 e. The van der Waals surface area contributed by atoms with Crippen LogP contribution in [-0.4, -0.2) is 33.7 Å². The molecule has 0 aliphatic rings. The van der Waals surface area contributed by atoms with Crippen LogP contribution in [0.15, 0.2) is 33.6 Å². The van der Waals surface area contributed by atoms with Gasteiger partial charge in [-0.05, 0) is 41.9 Å². The standard InChI is InChI=1S/C13H19BrO4S/c1-3-17-13(18-4-2)9-10-19(15,16)12-8-6-5-7-11(12)14/h5-8,13H,3-4,9-10H2,1-2H3. The van der Waals surface area contributed by atoms with Crippen molar-refractivity contribution in [1.29, 1.82) is 0 Å². The molecule has 0 saturated carbocycles. The number of sulfone groups is 1. The first kappa shape index (κ1) is 16.6. The Hall–Kier alpha value is -0.430. The van der Waals surface area contributed by atoms with Crippen molar-refractivity contribution in [2.45, 2.75) is 31.5 Å². The van der Waals surface area contributed by atoms with Crippen LogP contribution >= 0.6 is 15.9 Å². The lowest BCUT2D eigenvalue weighted by molar-refractivity contribution is -0.136. The molecule has 0 atom stereocenters. The van der Waals surface area contributed by atoms with Gasteiger partial charge in [0.25, 0.3) is 0 Å². The van der Waals surface area contributed by atoms with Crippen LogP contribution in [-0.2, 0) is 19.3 Å². The molecular weight excluding hydrogens is 332 g/mol. The van der Waals surface area contributed by atoms with Gasteiger partial charge in [0.2, 0.25) is 0 Å². The van der Waals surface area contributed by atoms with Crippen molar-refractivity contribution in [1.82, 2.24) is 0 Å². The minimum absolute atomic E-state index is 0.000278. The van der Waals surface area contributed by atoms with E-state index in [1.54, 1.807) is 24.3 Å². The highest BCUT2D eigenvalue weighted by molar-refractivity contribution is 9.10. The Bertz CT molecular complexity index is 481. The zero-order valence-electron chi connectivity index (χ0n) is 11.1. The maximum Gasteiger partial charge on any atom is 0.179 e. The number of halogens is 1. The monoisotopic (exact) mass is 350 g/mol. The van der Waals surface area contributed by atoms with Crippen molar-refractivity contribution in [3.05, 3.63) is 28.7 Å². The third-order valence-corrected chi connectivity index (χ3v) is 5.25. The molecule has 0 aromatic heterocycles. The average Bonchev–Trinajstić information content (AvgIpc) is 2.37. The fraction of sp³-hybridized carbons (Fsp3) is 0.538. The van der Waals surface area contributed by atoms with Gasteiger partial charge in [-0.25, -0.2) is 8.42 Å². The SMILES string of the molecule is CCOC(CCS(=O)(=O)c1ccccc1Br)OCC. The summed E-state index contributed by atoms with van der Waals surface area (Å²) in [5.74, 6) is 0.000278. The van der Waals surface area contributed by atoms with Crippen LogP contribution < -0.4 is 0 Å². The Morgan fingerprint density at radius 2 is 1.74 bits per heavy atom. The van der Waals surface area contributed by atoms with Crippen LogP contribution in [0.25, 0.3) is 0 Å². The maximum absolute atomic E-state index is 12.2. The van der Waals surface area contributed by atoms with E-state index < -0.39 is 16.1 Å². The highest BCUT2D eigenvalue weighted by Crippen LogP contribution is 2.23. The van der Waals surface area contributed by atoms with Crippen molar-refractivity contribution in [2.75, 3.05) is 19.0 Å². The average molecular weight is 351 g/mol. The maximum atomic E-state index is 12.2. The molecule has 0 amide bonds. The lowest BCUT2D eigenvalue weighted by Crippen LogP contribution is -2.21. The van der Waals surface area contributed by atoms with E-state index in [4.69, 9.17) is 9.47 Å². The smallest absolute Gasteiger partial charge is 0.179 e. The van der Waals surface area contributed by atoms with Crippen LogP contribution in [0.2, 0.25) is 0 Å². The van der Waals surface area contributed by atoms with Crippen LogP contribution in [0.3, 0.4) is 0 Å². The van der Waals surface area contributed by atoms with Crippen molar-refractivity contribution >= 4 is 25.8 Å². The Labute approximate surface area is 123 Å². The molecule has 1 aromatic carbocycles. The van der Waals surface area contributed by atoms with E-state index in [1.165, 1.54) is 0 Å². The first-order chi connectivity index (χ1) is 9.01. The van der Waals surface area contributed by atoms with Gasteiger partial charge < -0.3 is 9.47 Å². The van der Waals surface area contributed by atoms with Gasteiger partial charge in [-0.15, -0.1) is 0 Å². The molecule has 0 aliphatic heterocycles. The van der Waals surface area contributed by atoms with Gasteiger partial charge in [-0.1, -0.05) is 12.1 Å². The second-order valence-electron chi connectivity index (χ2n) is 3.88. The first-order valence-electron chi connectivity index (χ1n) is 6.21. The van der Waals surface area contributed by atoms with Crippen molar-refractivity contribution in [3.63, 3.8) is 0 Å². The second-order valence-corrected chi connectivity index (χ2v) is 6.81. The highest BCUT2D eigenvalue weighted by Gasteiger charge is 2.20. The molecule has 0 saturated heterocycles. The summed E-state index contributed by atoms with van der Waals surface area (Å²) in [7, 11) is -3.33. The van der Waals surface area contributed by atoms with Crippen LogP contribution in [0.4, 0.5) is 0 Å². The molecule has 6 heteroatoms. The molecule has 0 bridgehead atoms. The fourth-order valence-electron chi connectivity index (χ4n) is 1.64. The Balaban J connectivity index is 2.72. The first-order valence-corrected chi connectivity index (χ1v) is 8.66. The summed E-state index contributed by atoms with van der Waals surface area (Å²) in [5.41, 5.74) is 0. The van der Waals surface area contributed by atoms with Crippen molar-refractivity contribution in [2.24, 2.45) is 0 Å². The second kappa shape index (κ2) is 7.99. The molecule has 0 N–H and O–H groups in total. The van der Waals surface area contributed by atoms with Crippen LogP contribution in [0, 0.1) is 0 Å². The summed E-state index contributed by atoms with van der Waals surface area (Å²) in [4.78, 5) is 0.307. The van der Waals surface area contributed by atoms with Gasteiger partial charge in [-0.3, -0.25) is 0 Å². The molecule has 4 nitrogen and oxygen atoms in total. The molecule has 0 radical (unpaired) electrons. The Morgan fingerprint density at radius 1 is 1.16 bits per heavy atom. The van der Waals surface area contributed by atoms with Crippen molar-refractivity contribution < 1.29 is 17.9 Å². The molecule has 19 heavy (non-hydrogen) atoms. The fourth-order valence-corrected chi connectivity index (χ4v) is 4.04. The van der Waals surface area contributed by atoms with Crippen molar-refractivity contribution in [3.8, 4) is 0 Å². The predicted octanol–water partition coefficient (Wildman–Crippen LogP) is 3.01. The summed E-state index contributed by atoms with van der Waals surface area (Å²) in [6, 6.07) is 6.80. The van der Waals surface area contributed by atoms with E-state index in [1.807, 2.05) is 13.8 Å². The van der Waals surface area contributed by atoms with Gasteiger partial charge in [0.1, 0.15) is 0 Å². The van der Waals surface area contributed by atoms with Gasteiger partial charge in [-0.2, -0.15) is 0 Å². The van der Waals surface area contributed by atoms with Crippen LogP contribution in [0.1, 0.15) is 20.3 Å². The van der Waals surface area contributed by atoms with Gasteiger partial charge in [0.15, 0.2) is 16.1 Å². The molecule has 0 heterocycles. The summed E-state index contributed by atoms with van der Waals surface area (Å²) in [5, 5.41) is 0. The van der Waals surface area contributed by atoms with E-state index in [-0.39, 0.29) is 5.75 Å². The number of rotatable bonds is 8. The minimum atomic E-state index is -3.33. The number of ether oxygens (including phenoxy) is 2. The zero-order valence-corrected chi connectivity index (χ0v) is 13.5. The van der Waals surface area contributed by atoms with E-state index >= 15 is 0 Å². The predicted molar refractivity (Wildman–Crippen MR) is 77.9 cm³/mol. The zero-order chi connectivity index (χ0) is 14.3. The Kier molecular flexibility index (Phi) is 6.99. The van der Waals surface area contributed by atoms with Gasteiger partial charge in [0.05, 0.1) is 10.6 Å². The molecule has 1 aromatic rings. The van der Waals surface area contributed by atoms with E-state index in [2.05, 4.69) is 15.9 Å². The van der Waals surface area contributed by atoms with E-state index in [0.29, 0.717) is 29.0 Å². The molecule has 0 unspecified atom stereocenters. The Morgan fingerprint density at radius 3 is 2.26 bits per heavy atom. The quantitative estimate of drug-likeness (QED) is 0.676. The molecule has 0 aliphatic carbocycles. The third kappa shape index (κ3) is 5.22. The molecule has 108 valence electrons. The summed E-state index contributed by atoms with van der Waals surface area (Å²) < 4.78 is 35.7. The molecule has 0 fully saturated rings. The van der Waals surface area contributed by atoms with Crippen LogP contribution in [0.5, 0.6) is 0 Å². The van der Waals surface area contributed by atoms with E-state index in [0.717, 1.165) is 0 Å². The topological polar surface area (TPSA) is 52.6 Å². The molecule has 0 spiro atoms. The number of hydrogen-bond donors (Lipinski definition) is 0. The van der Waals surface area contributed by atoms with E-state index in [9.17, 15) is 8.42 Å². The third-order valence-electron chi connectivity index (χ3n) is 2.50. The molecular formula is C13H19BrO4S. The van der Waals surface area contributed by atoms with Gasteiger partial charge in [0, 0.05) is 24.1 Å². The lowest BCUT2D eigenvalue weighted by Gasteiger charge is -2.16. The summed E-state index contributed by atoms with van der Waals surface area (Å²) in [6.07, 6.45) is -0.141. The minimum Gasteiger partial charge on any atom is -0.353 e. The van der Waals surface area contributed by atoms with Gasteiger partial charge >= 0.3 is 0 Å².